The molecule has 0 aliphatic rings. The zero-order valence-corrected chi connectivity index (χ0v) is 18.0. The Balaban J connectivity index is 2.06. The molecule has 0 spiro atoms. The minimum atomic E-state index is -1.84. The van der Waals surface area contributed by atoms with Crippen LogP contribution in [-0.4, -0.2) is 39.1 Å². The molecule has 0 heterocycles. The number of ether oxygens (including phenoxy) is 2. The van der Waals surface area contributed by atoms with Gasteiger partial charge in [0.1, 0.15) is 22.7 Å². The van der Waals surface area contributed by atoms with E-state index in [1.165, 1.54) is 38.1 Å². The van der Waals surface area contributed by atoms with Crippen molar-refractivity contribution in [3.05, 3.63) is 85.0 Å². The van der Waals surface area contributed by atoms with Crippen molar-refractivity contribution in [2.75, 3.05) is 0 Å². The summed E-state index contributed by atoms with van der Waals surface area (Å²) in [6.45, 7) is 9.33. The highest BCUT2D eigenvalue weighted by Crippen LogP contribution is 2.26. The summed E-state index contributed by atoms with van der Waals surface area (Å²) in [6, 6.07) is 12.6. The van der Waals surface area contributed by atoms with Gasteiger partial charge in [-0.15, -0.1) is 0 Å². The van der Waals surface area contributed by atoms with Crippen LogP contribution in [0.5, 0.6) is 11.5 Å². The summed E-state index contributed by atoms with van der Waals surface area (Å²) in [7, 11) is 0. The van der Waals surface area contributed by atoms with Crippen LogP contribution in [-0.2, 0) is 27.2 Å². The van der Waals surface area contributed by atoms with E-state index in [2.05, 4.69) is 13.2 Å². The van der Waals surface area contributed by atoms with Crippen LogP contribution in [0.3, 0.4) is 0 Å². The first-order valence-corrected chi connectivity index (χ1v) is 9.83. The second-order valence-electron chi connectivity index (χ2n) is 7.77. The van der Waals surface area contributed by atoms with Crippen molar-refractivity contribution in [3.8, 4) is 11.5 Å². The SMILES string of the molecule is C=CC(=O)Oc1ccc(CC(C)(O)C(=O)C(C)(O)Cc2ccc(OC(=O)C=C)cc2)cc1. The zero-order chi connectivity index (χ0) is 23.9. The van der Waals surface area contributed by atoms with E-state index in [9.17, 15) is 24.6 Å². The zero-order valence-electron chi connectivity index (χ0n) is 18.0. The van der Waals surface area contributed by atoms with Gasteiger partial charge in [0.15, 0.2) is 5.78 Å². The monoisotopic (exact) mass is 438 g/mol. The molecule has 0 saturated carbocycles. The molecule has 0 aliphatic carbocycles. The van der Waals surface area contributed by atoms with Gasteiger partial charge in [-0.2, -0.15) is 0 Å². The maximum atomic E-state index is 12.9. The number of Topliss-reactive ketones (excluding diaryl/α,β-unsaturated/α-hetero) is 1. The fourth-order valence-electron chi connectivity index (χ4n) is 3.20. The van der Waals surface area contributed by atoms with Crippen LogP contribution in [0.25, 0.3) is 0 Å². The Bertz CT molecular complexity index is 918. The first-order chi connectivity index (χ1) is 15.0. The van der Waals surface area contributed by atoms with E-state index in [1.54, 1.807) is 24.3 Å². The Morgan fingerprint density at radius 2 is 1.06 bits per heavy atom. The van der Waals surface area contributed by atoms with Gasteiger partial charge in [0.25, 0.3) is 0 Å². The molecule has 0 amide bonds. The lowest BCUT2D eigenvalue weighted by molar-refractivity contribution is -0.153. The van der Waals surface area contributed by atoms with Gasteiger partial charge in [0, 0.05) is 25.0 Å². The minimum Gasteiger partial charge on any atom is -0.423 e. The van der Waals surface area contributed by atoms with Gasteiger partial charge in [-0.3, -0.25) is 4.79 Å². The van der Waals surface area contributed by atoms with Crippen molar-refractivity contribution >= 4 is 17.7 Å². The maximum Gasteiger partial charge on any atom is 0.335 e. The van der Waals surface area contributed by atoms with E-state index in [-0.39, 0.29) is 12.8 Å². The highest BCUT2D eigenvalue weighted by Gasteiger charge is 2.42. The lowest BCUT2D eigenvalue weighted by atomic mass is 9.80. The Morgan fingerprint density at radius 3 is 1.34 bits per heavy atom. The number of aliphatic hydroxyl groups is 2. The first-order valence-electron chi connectivity index (χ1n) is 9.83. The predicted octanol–water partition coefficient (Wildman–Crippen LogP) is 2.73. The van der Waals surface area contributed by atoms with Gasteiger partial charge in [-0.25, -0.2) is 9.59 Å². The molecule has 32 heavy (non-hydrogen) atoms. The van der Waals surface area contributed by atoms with Crippen LogP contribution >= 0.6 is 0 Å². The van der Waals surface area contributed by atoms with Gasteiger partial charge in [-0.05, 0) is 49.2 Å². The third kappa shape index (κ3) is 6.73. The number of hydrogen-bond acceptors (Lipinski definition) is 7. The molecule has 2 atom stereocenters. The molecule has 168 valence electrons. The lowest BCUT2D eigenvalue weighted by Gasteiger charge is -2.31. The number of benzene rings is 2. The molecule has 7 nitrogen and oxygen atoms in total. The van der Waals surface area contributed by atoms with Crippen LogP contribution in [0.15, 0.2) is 73.8 Å². The molecule has 0 bridgehead atoms. The normalized spacial score (nSPS) is 14.4. The number of carbonyl (C=O) groups excluding carboxylic acids is 3. The van der Waals surface area contributed by atoms with Gasteiger partial charge >= 0.3 is 11.9 Å². The summed E-state index contributed by atoms with van der Waals surface area (Å²) in [5.41, 5.74) is -2.46. The van der Waals surface area contributed by atoms with E-state index in [1.807, 2.05) is 0 Å². The Morgan fingerprint density at radius 1 is 0.750 bits per heavy atom. The van der Waals surface area contributed by atoms with Crippen molar-refractivity contribution in [2.24, 2.45) is 0 Å². The average Bonchev–Trinajstić information content (AvgIpc) is 2.75. The Labute approximate surface area is 186 Å². The number of carbonyl (C=O) groups is 3. The summed E-state index contributed by atoms with van der Waals surface area (Å²) in [4.78, 5) is 35.4. The first kappa shape index (κ1) is 24.7. The summed E-state index contributed by atoms with van der Waals surface area (Å²) in [5, 5.41) is 21.6. The lowest BCUT2D eigenvalue weighted by Crippen LogP contribution is -2.52. The van der Waals surface area contributed by atoms with Crippen LogP contribution < -0.4 is 9.47 Å². The highest BCUT2D eigenvalue weighted by molar-refractivity contribution is 5.94. The van der Waals surface area contributed by atoms with E-state index in [0.717, 1.165) is 12.2 Å². The quantitative estimate of drug-likeness (QED) is 0.333. The van der Waals surface area contributed by atoms with Crippen molar-refractivity contribution in [2.45, 2.75) is 37.9 Å². The minimum absolute atomic E-state index is 0.0475. The van der Waals surface area contributed by atoms with Gasteiger partial charge in [0.05, 0.1) is 0 Å². The fourth-order valence-corrected chi connectivity index (χ4v) is 3.20. The number of rotatable bonds is 10. The van der Waals surface area contributed by atoms with E-state index in [4.69, 9.17) is 9.47 Å². The Hall–Kier alpha value is -3.55. The molecule has 0 fully saturated rings. The highest BCUT2D eigenvalue weighted by atomic mass is 16.5. The molecular weight excluding hydrogens is 412 g/mol. The number of hydrogen-bond donors (Lipinski definition) is 2. The second-order valence-corrected chi connectivity index (χ2v) is 7.77. The molecule has 0 saturated heterocycles. The topological polar surface area (TPSA) is 110 Å². The number of ketones is 1. The molecule has 0 aromatic heterocycles. The van der Waals surface area contributed by atoms with E-state index >= 15 is 0 Å². The summed E-state index contributed by atoms with van der Waals surface area (Å²) in [5.74, 6) is -1.32. The van der Waals surface area contributed by atoms with Crippen LogP contribution in [0.4, 0.5) is 0 Å². The van der Waals surface area contributed by atoms with E-state index in [0.29, 0.717) is 22.6 Å². The summed E-state index contributed by atoms with van der Waals surface area (Å²) >= 11 is 0. The van der Waals surface area contributed by atoms with Gasteiger partial charge in [0.2, 0.25) is 0 Å². The Kier molecular flexibility index (Phi) is 7.86. The average molecular weight is 438 g/mol. The fraction of sp³-hybridized carbons (Fsp3) is 0.240. The molecule has 0 aliphatic heterocycles. The molecule has 2 aromatic rings. The van der Waals surface area contributed by atoms with Crippen molar-refractivity contribution < 1.29 is 34.1 Å². The van der Waals surface area contributed by atoms with Crippen LogP contribution in [0.2, 0.25) is 0 Å². The third-order valence-electron chi connectivity index (χ3n) is 4.69. The predicted molar refractivity (Wildman–Crippen MR) is 118 cm³/mol. The smallest absolute Gasteiger partial charge is 0.335 e. The third-order valence-corrected chi connectivity index (χ3v) is 4.69. The molecule has 2 N–H and O–H groups in total. The largest absolute Gasteiger partial charge is 0.423 e. The van der Waals surface area contributed by atoms with Crippen molar-refractivity contribution in [1.29, 1.82) is 0 Å². The van der Waals surface area contributed by atoms with Gasteiger partial charge in [-0.1, -0.05) is 37.4 Å². The van der Waals surface area contributed by atoms with Crippen molar-refractivity contribution in [3.63, 3.8) is 0 Å². The molecule has 7 heteroatoms. The standard InChI is InChI=1S/C25H26O7/c1-5-21(26)31-19-11-7-17(8-12-19)15-24(3,29)23(28)25(4,30)16-18-9-13-20(14-10-18)32-22(27)6-2/h5-14,29-30H,1-2,15-16H2,3-4H3. The van der Waals surface area contributed by atoms with Crippen LogP contribution in [0.1, 0.15) is 25.0 Å². The molecule has 2 unspecified atom stereocenters. The summed E-state index contributed by atoms with van der Waals surface area (Å²) < 4.78 is 9.99. The van der Waals surface area contributed by atoms with Gasteiger partial charge < -0.3 is 19.7 Å². The molecular formula is C25H26O7. The maximum absolute atomic E-state index is 12.9. The molecule has 2 aromatic carbocycles. The molecule has 0 radical (unpaired) electrons. The summed E-state index contributed by atoms with van der Waals surface area (Å²) in [6.07, 6.45) is 1.99. The second kappa shape index (κ2) is 10.2. The molecule has 2 rings (SSSR count). The number of esters is 2. The van der Waals surface area contributed by atoms with E-state index < -0.39 is 28.9 Å². The van der Waals surface area contributed by atoms with Crippen LogP contribution in [0, 0.1) is 0 Å². The van der Waals surface area contributed by atoms with Crippen molar-refractivity contribution in [1.82, 2.24) is 0 Å².